The molecule has 0 bridgehead atoms. The topological polar surface area (TPSA) is 33.1 Å². The number of imidazole rings is 1. The van der Waals surface area contributed by atoms with Crippen molar-refractivity contribution in [2.75, 3.05) is 0 Å². The highest BCUT2D eigenvalue weighted by Gasteiger charge is 2.00. The second-order valence-electron chi connectivity index (χ2n) is 2.77. The molecule has 1 N–H and O–H groups in total. The lowest BCUT2D eigenvalue weighted by atomic mass is 10.3. The second-order valence-corrected chi connectivity index (χ2v) is 2.77. The first-order chi connectivity index (χ1) is 5.95. The van der Waals surface area contributed by atoms with Gasteiger partial charge in [0.2, 0.25) is 0 Å². The van der Waals surface area contributed by atoms with Gasteiger partial charge in [0.1, 0.15) is 5.65 Å². The highest BCUT2D eigenvalue weighted by molar-refractivity contribution is 5.79. The number of para-hydroxylation sites is 2. The largest absolute Gasteiger partial charge is 0.338 e. The highest BCUT2D eigenvalue weighted by Crippen LogP contribution is 2.14. The second kappa shape index (κ2) is 1.88. The number of fused-ring (bicyclic) bond motifs is 3. The Labute approximate surface area is 68.6 Å². The Morgan fingerprint density at radius 3 is 3.08 bits per heavy atom. The monoisotopic (exact) mass is 157 g/mol. The molecule has 0 aliphatic carbocycles. The van der Waals surface area contributed by atoms with E-state index in [2.05, 4.69) is 10.1 Å². The standard InChI is InChI=1S/C9H7N3/c1-2-4-8-7(3-1)11-9-5-6-10-12(8)9/h1-6,11H. The van der Waals surface area contributed by atoms with Crippen molar-refractivity contribution in [1.29, 1.82) is 0 Å². The van der Waals surface area contributed by atoms with Crippen LogP contribution in [0.25, 0.3) is 16.7 Å². The van der Waals surface area contributed by atoms with E-state index in [-0.39, 0.29) is 0 Å². The lowest BCUT2D eigenvalue weighted by molar-refractivity contribution is 1.01. The third-order valence-corrected chi connectivity index (χ3v) is 2.04. The van der Waals surface area contributed by atoms with E-state index in [4.69, 9.17) is 0 Å². The van der Waals surface area contributed by atoms with Gasteiger partial charge >= 0.3 is 0 Å². The highest BCUT2D eigenvalue weighted by atomic mass is 15.3. The van der Waals surface area contributed by atoms with Crippen LogP contribution in [0, 0.1) is 0 Å². The molecule has 0 amide bonds. The van der Waals surface area contributed by atoms with E-state index in [0.717, 1.165) is 16.7 Å². The number of hydrogen-bond donors (Lipinski definition) is 1. The van der Waals surface area contributed by atoms with Gasteiger partial charge in [0, 0.05) is 6.07 Å². The Hall–Kier alpha value is -1.77. The van der Waals surface area contributed by atoms with Crippen LogP contribution in [-0.2, 0) is 0 Å². The number of nitrogens with zero attached hydrogens (tertiary/aromatic N) is 2. The summed E-state index contributed by atoms with van der Waals surface area (Å²) in [5.74, 6) is 0. The van der Waals surface area contributed by atoms with Gasteiger partial charge in [-0.3, -0.25) is 0 Å². The molecule has 0 saturated carbocycles. The number of benzene rings is 1. The summed E-state index contributed by atoms with van der Waals surface area (Å²) in [4.78, 5) is 3.26. The molecule has 0 aliphatic rings. The van der Waals surface area contributed by atoms with Crippen LogP contribution in [0.3, 0.4) is 0 Å². The molecule has 0 radical (unpaired) electrons. The average Bonchev–Trinajstić information content (AvgIpc) is 2.62. The van der Waals surface area contributed by atoms with Crippen molar-refractivity contribution in [2.24, 2.45) is 0 Å². The number of H-pyrrole nitrogens is 1. The van der Waals surface area contributed by atoms with Crippen molar-refractivity contribution in [3.8, 4) is 0 Å². The average molecular weight is 157 g/mol. The maximum atomic E-state index is 4.19. The molecule has 0 aliphatic heterocycles. The number of rotatable bonds is 0. The third-order valence-electron chi connectivity index (χ3n) is 2.04. The Morgan fingerprint density at radius 1 is 1.17 bits per heavy atom. The molecule has 0 fully saturated rings. The van der Waals surface area contributed by atoms with E-state index in [9.17, 15) is 0 Å². The van der Waals surface area contributed by atoms with Crippen LogP contribution >= 0.6 is 0 Å². The molecule has 2 aromatic heterocycles. The molecule has 0 saturated heterocycles. The smallest absolute Gasteiger partial charge is 0.134 e. The summed E-state index contributed by atoms with van der Waals surface area (Å²) < 4.78 is 1.90. The molecule has 58 valence electrons. The maximum Gasteiger partial charge on any atom is 0.134 e. The normalized spacial score (nSPS) is 11.3. The molecule has 0 spiro atoms. The van der Waals surface area contributed by atoms with Crippen molar-refractivity contribution < 1.29 is 0 Å². The summed E-state index contributed by atoms with van der Waals surface area (Å²) in [5.41, 5.74) is 3.29. The maximum absolute atomic E-state index is 4.19. The van der Waals surface area contributed by atoms with Gasteiger partial charge in [-0.2, -0.15) is 5.10 Å². The van der Waals surface area contributed by atoms with Crippen LogP contribution in [0.2, 0.25) is 0 Å². The Kier molecular flexibility index (Phi) is 0.913. The molecule has 0 unspecified atom stereocenters. The SMILES string of the molecule is c1ccc2c(c1)[nH]c1ccnn12. The summed E-state index contributed by atoms with van der Waals surface area (Å²) in [6.07, 6.45) is 1.79. The van der Waals surface area contributed by atoms with Gasteiger partial charge in [0.05, 0.1) is 17.2 Å². The van der Waals surface area contributed by atoms with E-state index in [1.54, 1.807) is 6.20 Å². The van der Waals surface area contributed by atoms with E-state index in [1.807, 2.05) is 34.8 Å². The van der Waals surface area contributed by atoms with Gasteiger partial charge in [-0.1, -0.05) is 12.1 Å². The third kappa shape index (κ3) is 0.580. The van der Waals surface area contributed by atoms with E-state index in [0.29, 0.717) is 0 Å². The molecule has 12 heavy (non-hydrogen) atoms. The zero-order chi connectivity index (χ0) is 7.97. The van der Waals surface area contributed by atoms with Crippen LogP contribution in [-0.4, -0.2) is 14.6 Å². The zero-order valence-electron chi connectivity index (χ0n) is 6.36. The molecule has 3 rings (SSSR count). The van der Waals surface area contributed by atoms with Gasteiger partial charge in [-0.15, -0.1) is 0 Å². The van der Waals surface area contributed by atoms with Gasteiger partial charge in [0.25, 0.3) is 0 Å². The van der Waals surface area contributed by atoms with Gasteiger partial charge in [-0.05, 0) is 12.1 Å². The lowest BCUT2D eigenvalue weighted by Gasteiger charge is -1.86. The molecule has 3 nitrogen and oxygen atoms in total. The molecule has 3 aromatic rings. The fourth-order valence-corrected chi connectivity index (χ4v) is 1.49. The summed E-state index contributed by atoms with van der Waals surface area (Å²) >= 11 is 0. The first kappa shape index (κ1) is 5.83. The van der Waals surface area contributed by atoms with Gasteiger partial charge in [-0.25, -0.2) is 4.52 Å². The van der Waals surface area contributed by atoms with E-state index < -0.39 is 0 Å². The lowest BCUT2D eigenvalue weighted by Crippen LogP contribution is -1.80. The van der Waals surface area contributed by atoms with Crippen LogP contribution < -0.4 is 0 Å². The predicted molar refractivity (Wildman–Crippen MR) is 47.0 cm³/mol. The van der Waals surface area contributed by atoms with Crippen LogP contribution in [0.4, 0.5) is 0 Å². The summed E-state index contributed by atoms with van der Waals surface area (Å²) in [6, 6.07) is 10.1. The van der Waals surface area contributed by atoms with E-state index >= 15 is 0 Å². The zero-order valence-corrected chi connectivity index (χ0v) is 6.36. The van der Waals surface area contributed by atoms with Gasteiger partial charge in [0.15, 0.2) is 0 Å². The number of nitrogens with one attached hydrogen (secondary N) is 1. The van der Waals surface area contributed by atoms with Crippen LogP contribution in [0.15, 0.2) is 36.5 Å². The van der Waals surface area contributed by atoms with Crippen molar-refractivity contribution in [2.45, 2.75) is 0 Å². The van der Waals surface area contributed by atoms with Crippen molar-refractivity contribution >= 4 is 16.7 Å². The fourth-order valence-electron chi connectivity index (χ4n) is 1.49. The minimum atomic E-state index is 1.04. The first-order valence-electron chi connectivity index (χ1n) is 3.85. The molecule has 0 atom stereocenters. The summed E-state index contributed by atoms with van der Waals surface area (Å²) in [7, 11) is 0. The Balaban J connectivity index is 2.68. The van der Waals surface area contributed by atoms with E-state index in [1.165, 1.54) is 0 Å². The van der Waals surface area contributed by atoms with Crippen molar-refractivity contribution in [3.63, 3.8) is 0 Å². The van der Waals surface area contributed by atoms with Crippen molar-refractivity contribution in [1.82, 2.24) is 14.6 Å². The number of aromatic nitrogens is 3. The Bertz CT molecular complexity index is 532. The molecular weight excluding hydrogens is 150 g/mol. The van der Waals surface area contributed by atoms with Crippen LogP contribution in [0.5, 0.6) is 0 Å². The minimum Gasteiger partial charge on any atom is -0.338 e. The molecule has 2 heterocycles. The number of aromatic amines is 1. The quantitative estimate of drug-likeness (QED) is 0.530. The summed E-state index contributed by atoms with van der Waals surface area (Å²) in [6.45, 7) is 0. The molecule has 3 heteroatoms. The molecule has 1 aromatic carbocycles. The Morgan fingerprint density at radius 2 is 2.08 bits per heavy atom. The fraction of sp³-hybridized carbons (Fsp3) is 0. The summed E-state index contributed by atoms with van der Waals surface area (Å²) in [5, 5.41) is 4.19. The predicted octanol–water partition coefficient (Wildman–Crippen LogP) is 1.82. The van der Waals surface area contributed by atoms with Crippen LogP contribution in [0.1, 0.15) is 0 Å². The van der Waals surface area contributed by atoms with Gasteiger partial charge < -0.3 is 4.98 Å². The number of hydrogen-bond acceptors (Lipinski definition) is 1. The molecular formula is C9H7N3. The minimum absolute atomic E-state index is 1.04. The first-order valence-corrected chi connectivity index (χ1v) is 3.85. The van der Waals surface area contributed by atoms with Crippen molar-refractivity contribution in [3.05, 3.63) is 36.5 Å².